The molecule has 0 bridgehead atoms. The second-order valence-corrected chi connectivity index (χ2v) is 7.34. The maximum absolute atomic E-state index is 9.28. The van der Waals surface area contributed by atoms with E-state index in [9.17, 15) is 5.26 Å². The molecule has 0 aromatic heterocycles. The Kier molecular flexibility index (Phi) is 4.97. The van der Waals surface area contributed by atoms with Crippen LogP contribution in [0.3, 0.4) is 0 Å². The van der Waals surface area contributed by atoms with Crippen LogP contribution in [0.15, 0.2) is 72.1 Å². The second kappa shape index (κ2) is 7.36. The highest BCUT2D eigenvalue weighted by atomic mass is 16.5. The van der Waals surface area contributed by atoms with Crippen molar-refractivity contribution in [1.82, 2.24) is 0 Å². The Bertz CT molecular complexity index is 1020. The normalized spacial score (nSPS) is 15.2. The third kappa shape index (κ3) is 4.00. The molecule has 0 radical (unpaired) electrons. The summed E-state index contributed by atoms with van der Waals surface area (Å²) in [5, 5.41) is 9.28. The maximum Gasteiger partial charge on any atom is 0.269 e. The first kappa shape index (κ1) is 18.2. The quantitative estimate of drug-likeness (QED) is 0.482. The number of nitrogens with zero attached hydrogens (tertiary/aromatic N) is 2. The van der Waals surface area contributed by atoms with E-state index in [0.29, 0.717) is 17.1 Å². The summed E-state index contributed by atoms with van der Waals surface area (Å²) in [6, 6.07) is 17.8. The van der Waals surface area contributed by atoms with Crippen molar-refractivity contribution in [1.29, 1.82) is 5.26 Å². The zero-order valence-electron chi connectivity index (χ0n) is 15.7. The van der Waals surface area contributed by atoms with Gasteiger partial charge in [-0.1, -0.05) is 69.3 Å². The summed E-state index contributed by atoms with van der Waals surface area (Å²) in [7, 11) is 0. The summed E-state index contributed by atoms with van der Waals surface area (Å²) in [6.07, 6.45) is 5.58. The molecule has 132 valence electrons. The lowest BCUT2D eigenvalue weighted by molar-refractivity contribution is 0.439. The maximum atomic E-state index is 9.28. The van der Waals surface area contributed by atoms with E-state index >= 15 is 0 Å². The molecule has 3 nitrogen and oxygen atoms in total. The number of fused-ring (bicyclic) bond motifs is 1. The van der Waals surface area contributed by atoms with Crippen LogP contribution in [-0.2, 0) is 5.41 Å². The van der Waals surface area contributed by atoms with Gasteiger partial charge in [0.25, 0.3) is 5.70 Å². The van der Waals surface area contributed by atoms with Crippen molar-refractivity contribution in [2.45, 2.75) is 26.2 Å². The summed E-state index contributed by atoms with van der Waals surface area (Å²) in [5.74, 6) is 1.24. The number of hydrogen-bond acceptors (Lipinski definition) is 2. The van der Waals surface area contributed by atoms with Crippen molar-refractivity contribution in [3.8, 4) is 11.8 Å². The molecule has 1 aliphatic rings. The molecule has 0 fully saturated rings. The monoisotopic (exact) mass is 352 g/mol. The van der Waals surface area contributed by atoms with E-state index in [1.807, 2.05) is 42.5 Å². The van der Waals surface area contributed by atoms with Crippen LogP contribution in [-0.4, -0.2) is 0 Å². The highest BCUT2D eigenvalue weighted by Crippen LogP contribution is 2.36. The number of nitriles is 1. The van der Waals surface area contributed by atoms with Crippen LogP contribution in [0.1, 0.15) is 37.5 Å². The standard InChI is InChI=1S/C24H20N2O/c1-24(2,3)18-12-9-17(10-13-18)11-14-19-15-21(22(16-25)26-4)20-7-5-6-8-23(20)27-19/h5-15H,1-3H3/b14-11+,22-21-. The minimum atomic E-state index is 0.0613. The van der Waals surface area contributed by atoms with Crippen molar-refractivity contribution in [3.05, 3.63) is 100 Å². The van der Waals surface area contributed by atoms with Gasteiger partial charge in [-0.25, -0.2) is 10.1 Å². The van der Waals surface area contributed by atoms with Crippen LogP contribution in [0.5, 0.6) is 5.75 Å². The summed E-state index contributed by atoms with van der Waals surface area (Å²) in [5.41, 5.74) is 3.87. The lowest BCUT2D eigenvalue weighted by Gasteiger charge is -2.19. The summed E-state index contributed by atoms with van der Waals surface area (Å²) < 4.78 is 5.93. The van der Waals surface area contributed by atoms with E-state index in [4.69, 9.17) is 11.3 Å². The SMILES string of the molecule is [C-]#[N+]/C(C#N)=C1C=C(/C=C/c2ccc(C(C)(C)C)cc2)Oc2ccccc2/1. The van der Waals surface area contributed by atoms with Gasteiger partial charge < -0.3 is 4.74 Å². The zero-order valence-corrected chi connectivity index (χ0v) is 15.7. The highest BCUT2D eigenvalue weighted by molar-refractivity contribution is 5.85. The van der Waals surface area contributed by atoms with Crippen molar-refractivity contribution in [2.24, 2.45) is 0 Å². The third-order valence-electron chi connectivity index (χ3n) is 4.38. The number of benzene rings is 2. The largest absolute Gasteiger partial charge is 0.457 e. The molecule has 0 saturated heterocycles. The van der Waals surface area contributed by atoms with E-state index < -0.39 is 0 Å². The van der Waals surface area contributed by atoms with Gasteiger partial charge in [-0.05, 0) is 34.8 Å². The zero-order chi connectivity index (χ0) is 19.4. The van der Waals surface area contributed by atoms with Gasteiger partial charge in [-0.15, -0.1) is 0 Å². The first-order chi connectivity index (χ1) is 12.9. The lowest BCUT2D eigenvalue weighted by Crippen LogP contribution is -2.10. The molecule has 0 saturated carbocycles. The molecule has 2 aromatic carbocycles. The van der Waals surface area contributed by atoms with Crippen molar-refractivity contribution >= 4 is 11.6 Å². The average Bonchev–Trinajstić information content (AvgIpc) is 2.67. The van der Waals surface area contributed by atoms with Gasteiger partial charge in [0.1, 0.15) is 11.5 Å². The number of allylic oxidation sites excluding steroid dienone is 4. The van der Waals surface area contributed by atoms with E-state index in [1.54, 1.807) is 6.08 Å². The molecular weight excluding hydrogens is 332 g/mol. The molecule has 0 atom stereocenters. The summed E-state index contributed by atoms with van der Waals surface area (Å²) in [4.78, 5) is 3.36. The fourth-order valence-corrected chi connectivity index (χ4v) is 2.85. The highest BCUT2D eigenvalue weighted by Gasteiger charge is 2.18. The van der Waals surface area contributed by atoms with Crippen LogP contribution < -0.4 is 4.74 Å². The van der Waals surface area contributed by atoms with Crippen LogP contribution in [0.4, 0.5) is 0 Å². The fraction of sp³-hybridized carbons (Fsp3) is 0.167. The summed E-state index contributed by atoms with van der Waals surface area (Å²) in [6.45, 7) is 13.8. The molecule has 27 heavy (non-hydrogen) atoms. The molecule has 0 aliphatic carbocycles. The average molecular weight is 352 g/mol. The van der Waals surface area contributed by atoms with Crippen LogP contribution in [0.2, 0.25) is 0 Å². The van der Waals surface area contributed by atoms with Crippen LogP contribution in [0, 0.1) is 17.9 Å². The van der Waals surface area contributed by atoms with Crippen molar-refractivity contribution < 1.29 is 4.74 Å². The van der Waals surface area contributed by atoms with E-state index in [1.165, 1.54) is 5.56 Å². The Morgan fingerprint density at radius 2 is 1.78 bits per heavy atom. The Balaban J connectivity index is 1.94. The first-order valence-corrected chi connectivity index (χ1v) is 8.72. The minimum Gasteiger partial charge on any atom is -0.457 e. The molecular formula is C24H20N2O. The molecule has 1 aliphatic heterocycles. The van der Waals surface area contributed by atoms with E-state index in [2.05, 4.69) is 49.9 Å². The Hall–Kier alpha value is -3.56. The van der Waals surface area contributed by atoms with E-state index in [-0.39, 0.29) is 11.1 Å². The molecule has 0 N–H and O–H groups in total. The predicted octanol–water partition coefficient (Wildman–Crippen LogP) is 6.13. The number of para-hydroxylation sites is 1. The third-order valence-corrected chi connectivity index (χ3v) is 4.38. The Morgan fingerprint density at radius 3 is 2.41 bits per heavy atom. The molecule has 1 heterocycles. The van der Waals surface area contributed by atoms with Crippen LogP contribution >= 0.6 is 0 Å². The Labute approximate surface area is 160 Å². The smallest absolute Gasteiger partial charge is 0.269 e. The first-order valence-electron chi connectivity index (χ1n) is 8.72. The Morgan fingerprint density at radius 1 is 1.07 bits per heavy atom. The predicted molar refractivity (Wildman–Crippen MR) is 108 cm³/mol. The second-order valence-electron chi connectivity index (χ2n) is 7.34. The number of hydrogen-bond donors (Lipinski definition) is 0. The van der Waals surface area contributed by atoms with Gasteiger partial charge in [0.15, 0.2) is 0 Å². The molecule has 3 heteroatoms. The lowest BCUT2D eigenvalue weighted by atomic mass is 9.87. The van der Waals surface area contributed by atoms with Gasteiger partial charge in [0.05, 0.1) is 12.6 Å². The molecule has 0 amide bonds. The van der Waals surface area contributed by atoms with Gasteiger partial charge >= 0.3 is 0 Å². The summed E-state index contributed by atoms with van der Waals surface area (Å²) >= 11 is 0. The van der Waals surface area contributed by atoms with Gasteiger partial charge in [-0.3, -0.25) is 0 Å². The topological polar surface area (TPSA) is 37.4 Å². The van der Waals surface area contributed by atoms with Gasteiger partial charge in [0.2, 0.25) is 0 Å². The van der Waals surface area contributed by atoms with Crippen molar-refractivity contribution in [3.63, 3.8) is 0 Å². The van der Waals surface area contributed by atoms with Gasteiger partial charge in [0, 0.05) is 11.1 Å². The van der Waals surface area contributed by atoms with Crippen LogP contribution in [0.25, 0.3) is 16.5 Å². The molecule has 3 rings (SSSR count). The number of ether oxygens (including phenoxy) is 1. The van der Waals surface area contributed by atoms with Crippen molar-refractivity contribution in [2.75, 3.05) is 0 Å². The van der Waals surface area contributed by atoms with Gasteiger partial charge in [-0.2, -0.15) is 0 Å². The van der Waals surface area contributed by atoms with E-state index in [0.717, 1.165) is 11.1 Å². The molecule has 2 aromatic rings. The number of rotatable bonds is 2. The molecule has 0 spiro atoms. The minimum absolute atomic E-state index is 0.0613. The fourth-order valence-electron chi connectivity index (χ4n) is 2.85. The molecule has 0 unspecified atom stereocenters.